The van der Waals surface area contributed by atoms with E-state index in [9.17, 15) is 9.59 Å². The van der Waals surface area contributed by atoms with Crippen LogP contribution in [0.5, 0.6) is 0 Å². The fourth-order valence-corrected chi connectivity index (χ4v) is 2.65. The van der Waals surface area contributed by atoms with Gasteiger partial charge >= 0.3 is 5.97 Å². The molecule has 2 aromatic carbocycles. The molecule has 0 unspecified atom stereocenters. The first-order valence-corrected chi connectivity index (χ1v) is 8.33. The summed E-state index contributed by atoms with van der Waals surface area (Å²) in [6.45, 7) is 8.12. The molecule has 0 heterocycles. The number of benzene rings is 2. The number of hydrogen-bond donors (Lipinski definition) is 0. The van der Waals surface area contributed by atoms with E-state index in [4.69, 9.17) is 4.74 Å². The molecule has 0 aromatic heterocycles. The van der Waals surface area contributed by atoms with Gasteiger partial charge in [0, 0.05) is 13.6 Å². The zero-order valence-corrected chi connectivity index (χ0v) is 15.6. The number of hydrogen-bond acceptors (Lipinski definition) is 3. The first kappa shape index (κ1) is 18.7. The molecule has 0 aliphatic carbocycles. The third-order valence-electron chi connectivity index (χ3n) is 4.48. The number of rotatable bonds is 5. The molecule has 0 bridgehead atoms. The highest BCUT2D eigenvalue weighted by Gasteiger charge is 2.16. The Morgan fingerprint density at radius 2 is 1.72 bits per heavy atom. The Bertz CT molecular complexity index is 796. The Morgan fingerprint density at radius 1 is 1.00 bits per heavy atom. The standard InChI is InChI=1S/C21H25NO3/c1-14-9-10-18(16(3)11-14)12-22(5)20(23)13-25-21(24)19-8-6-7-15(2)17(19)4/h6-11H,12-13H2,1-5H3. The second kappa shape index (κ2) is 7.97. The number of likely N-dealkylation sites (N-methyl/N-ethyl adjacent to an activating group) is 1. The Balaban J connectivity index is 1.95. The molecule has 0 saturated heterocycles. The zero-order valence-electron chi connectivity index (χ0n) is 15.6. The summed E-state index contributed by atoms with van der Waals surface area (Å²) in [7, 11) is 1.72. The average molecular weight is 339 g/mol. The number of ether oxygens (including phenoxy) is 1. The predicted molar refractivity (Wildman–Crippen MR) is 98.6 cm³/mol. The fraction of sp³-hybridized carbons (Fsp3) is 0.333. The molecule has 132 valence electrons. The maximum atomic E-state index is 12.3. The van der Waals surface area contributed by atoms with Crippen LogP contribution >= 0.6 is 0 Å². The van der Waals surface area contributed by atoms with Gasteiger partial charge in [-0.15, -0.1) is 0 Å². The maximum absolute atomic E-state index is 12.3. The Morgan fingerprint density at radius 3 is 2.40 bits per heavy atom. The summed E-state index contributed by atoms with van der Waals surface area (Å²) in [6.07, 6.45) is 0. The fourth-order valence-electron chi connectivity index (χ4n) is 2.65. The number of aryl methyl sites for hydroxylation is 3. The molecule has 0 aliphatic rings. The van der Waals surface area contributed by atoms with Crippen molar-refractivity contribution in [2.24, 2.45) is 0 Å². The first-order valence-electron chi connectivity index (χ1n) is 8.33. The molecule has 0 radical (unpaired) electrons. The van der Waals surface area contributed by atoms with Crippen molar-refractivity contribution in [1.29, 1.82) is 0 Å². The normalized spacial score (nSPS) is 10.4. The number of nitrogens with zero attached hydrogens (tertiary/aromatic N) is 1. The van der Waals surface area contributed by atoms with Crippen molar-refractivity contribution in [2.45, 2.75) is 34.2 Å². The van der Waals surface area contributed by atoms with Gasteiger partial charge in [-0.1, -0.05) is 35.9 Å². The van der Waals surface area contributed by atoms with Gasteiger partial charge in [-0.05, 0) is 56.0 Å². The molecule has 0 atom stereocenters. The molecule has 2 aromatic rings. The summed E-state index contributed by atoms with van der Waals surface area (Å²) in [5.41, 5.74) is 5.83. The quantitative estimate of drug-likeness (QED) is 0.780. The average Bonchev–Trinajstić information content (AvgIpc) is 2.57. The van der Waals surface area contributed by atoms with Crippen molar-refractivity contribution >= 4 is 11.9 Å². The van der Waals surface area contributed by atoms with Crippen molar-refractivity contribution in [2.75, 3.05) is 13.7 Å². The van der Waals surface area contributed by atoms with Gasteiger partial charge in [0.05, 0.1) is 5.56 Å². The van der Waals surface area contributed by atoms with Gasteiger partial charge in [0.1, 0.15) is 0 Å². The Labute approximate surface area is 149 Å². The van der Waals surface area contributed by atoms with Gasteiger partial charge in [0.15, 0.2) is 6.61 Å². The molecule has 1 amide bonds. The zero-order chi connectivity index (χ0) is 18.6. The van der Waals surface area contributed by atoms with Crippen LogP contribution in [0.1, 0.15) is 38.2 Å². The van der Waals surface area contributed by atoms with Crippen molar-refractivity contribution in [3.63, 3.8) is 0 Å². The predicted octanol–water partition coefficient (Wildman–Crippen LogP) is 3.74. The minimum atomic E-state index is -0.463. The van der Waals surface area contributed by atoms with Crippen molar-refractivity contribution in [1.82, 2.24) is 4.90 Å². The van der Waals surface area contributed by atoms with Crippen LogP contribution in [0.3, 0.4) is 0 Å². The van der Waals surface area contributed by atoms with Gasteiger partial charge in [0.25, 0.3) is 5.91 Å². The molecule has 0 saturated carbocycles. The summed E-state index contributed by atoms with van der Waals surface area (Å²) in [5.74, 6) is -0.687. The van der Waals surface area contributed by atoms with Gasteiger partial charge in [-0.2, -0.15) is 0 Å². The monoisotopic (exact) mass is 339 g/mol. The van der Waals surface area contributed by atoms with Crippen molar-refractivity contribution < 1.29 is 14.3 Å². The smallest absolute Gasteiger partial charge is 0.338 e. The molecule has 4 nitrogen and oxygen atoms in total. The number of carbonyl (C=O) groups excluding carboxylic acids is 2. The lowest BCUT2D eigenvalue weighted by molar-refractivity contribution is -0.133. The third-order valence-corrected chi connectivity index (χ3v) is 4.48. The number of amides is 1. The highest BCUT2D eigenvalue weighted by atomic mass is 16.5. The lowest BCUT2D eigenvalue weighted by Gasteiger charge is -2.19. The van der Waals surface area contributed by atoms with E-state index >= 15 is 0 Å². The Hall–Kier alpha value is -2.62. The van der Waals surface area contributed by atoms with E-state index in [1.165, 1.54) is 5.56 Å². The van der Waals surface area contributed by atoms with Crippen molar-refractivity contribution in [3.05, 3.63) is 69.8 Å². The van der Waals surface area contributed by atoms with Crippen LogP contribution in [0.25, 0.3) is 0 Å². The number of carbonyl (C=O) groups is 2. The minimum absolute atomic E-state index is 0.223. The molecule has 0 fully saturated rings. The molecule has 0 spiro atoms. The molecule has 0 N–H and O–H groups in total. The van der Waals surface area contributed by atoms with Gasteiger partial charge < -0.3 is 9.64 Å². The second-order valence-corrected chi connectivity index (χ2v) is 6.50. The first-order chi connectivity index (χ1) is 11.8. The SMILES string of the molecule is Cc1ccc(CN(C)C(=O)COC(=O)c2cccc(C)c2C)c(C)c1. The summed E-state index contributed by atoms with van der Waals surface area (Å²) in [5, 5.41) is 0. The largest absolute Gasteiger partial charge is 0.452 e. The van der Waals surface area contributed by atoms with E-state index < -0.39 is 5.97 Å². The number of esters is 1. The molecular weight excluding hydrogens is 314 g/mol. The van der Waals surface area contributed by atoms with Gasteiger partial charge in [-0.25, -0.2) is 4.79 Å². The second-order valence-electron chi connectivity index (χ2n) is 6.50. The van der Waals surface area contributed by atoms with E-state index in [2.05, 4.69) is 6.07 Å². The van der Waals surface area contributed by atoms with Crippen LogP contribution in [0.15, 0.2) is 36.4 Å². The highest BCUT2D eigenvalue weighted by Crippen LogP contribution is 2.15. The van der Waals surface area contributed by atoms with Crippen LogP contribution in [-0.4, -0.2) is 30.4 Å². The molecule has 0 aliphatic heterocycles. The third kappa shape index (κ3) is 4.69. The lowest BCUT2D eigenvalue weighted by atomic mass is 10.0. The van der Waals surface area contributed by atoms with Crippen LogP contribution in [-0.2, 0) is 16.1 Å². The van der Waals surface area contributed by atoms with E-state index in [1.807, 2.05) is 52.0 Å². The van der Waals surface area contributed by atoms with Gasteiger partial charge in [-0.3, -0.25) is 4.79 Å². The summed E-state index contributed by atoms with van der Waals surface area (Å²) in [4.78, 5) is 26.0. The topological polar surface area (TPSA) is 46.6 Å². The lowest BCUT2D eigenvalue weighted by Crippen LogP contribution is -2.31. The van der Waals surface area contributed by atoms with Crippen LogP contribution in [0.2, 0.25) is 0 Å². The molecule has 2 rings (SSSR count). The van der Waals surface area contributed by atoms with Crippen LogP contribution in [0, 0.1) is 27.7 Å². The minimum Gasteiger partial charge on any atom is -0.452 e. The summed E-state index contributed by atoms with van der Waals surface area (Å²) >= 11 is 0. The van der Waals surface area contributed by atoms with Crippen molar-refractivity contribution in [3.8, 4) is 0 Å². The molecular formula is C21H25NO3. The summed E-state index contributed by atoms with van der Waals surface area (Å²) in [6, 6.07) is 11.6. The molecule has 25 heavy (non-hydrogen) atoms. The summed E-state index contributed by atoms with van der Waals surface area (Å²) < 4.78 is 5.20. The van der Waals surface area contributed by atoms with Crippen LogP contribution < -0.4 is 0 Å². The molecule has 4 heteroatoms. The van der Waals surface area contributed by atoms with Crippen LogP contribution in [0.4, 0.5) is 0 Å². The maximum Gasteiger partial charge on any atom is 0.338 e. The van der Waals surface area contributed by atoms with Gasteiger partial charge in [0.2, 0.25) is 0 Å². The van der Waals surface area contributed by atoms with E-state index in [0.717, 1.165) is 22.3 Å². The van der Waals surface area contributed by atoms with E-state index in [1.54, 1.807) is 18.0 Å². The van der Waals surface area contributed by atoms with E-state index in [-0.39, 0.29) is 12.5 Å². The Kier molecular flexibility index (Phi) is 5.97. The highest BCUT2D eigenvalue weighted by molar-refractivity contribution is 5.93. The van der Waals surface area contributed by atoms with E-state index in [0.29, 0.717) is 12.1 Å².